The summed E-state index contributed by atoms with van der Waals surface area (Å²) in [6, 6.07) is 7.75. The van der Waals surface area contributed by atoms with Gasteiger partial charge in [0.25, 0.3) is 0 Å². The summed E-state index contributed by atoms with van der Waals surface area (Å²) in [6.07, 6.45) is 0.711. The molecular formula is C13H18BrN3O. The Labute approximate surface area is 116 Å². The fourth-order valence-electron chi connectivity index (χ4n) is 2.27. The number of benzene rings is 1. The summed E-state index contributed by atoms with van der Waals surface area (Å²) in [5.74, 6) is 0.150. The minimum absolute atomic E-state index is 0.0904. The van der Waals surface area contributed by atoms with Crippen molar-refractivity contribution < 1.29 is 4.79 Å². The normalized spacial score (nSPS) is 21.4. The molecule has 4 nitrogen and oxygen atoms in total. The first-order valence-electron chi connectivity index (χ1n) is 6.10. The molecule has 0 aliphatic carbocycles. The standard InChI is InChI=1S/C13H18BrN3O/c1-16-8-9-17(13(18)12(16)6-7-15)11-4-2-10(14)3-5-11/h2-5,12H,6-9,15H2,1H3. The van der Waals surface area contributed by atoms with Crippen molar-refractivity contribution in [3.05, 3.63) is 28.7 Å². The second kappa shape index (κ2) is 5.82. The molecule has 0 spiro atoms. The Balaban J connectivity index is 2.18. The number of likely N-dealkylation sites (N-methyl/N-ethyl adjacent to an activating group) is 1. The lowest BCUT2D eigenvalue weighted by molar-refractivity contribution is -0.125. The van der Waals surface area contributed by atoms with Gasteiger partial charge in [-0.2, -0.15) is 0 Å². The average Bonchev–Trinajstić information content (AvgIpc) is 2.36. The van der Waals surface area contributed by atoms with Gasteiger partial charge in [0.15, 0.2) is 0 Å². The van der Waals surface area contributed by atoms with Crippen LogP contribution in [0.3, 0.4) is 0 Å². The molecule has 1 atom stereocenters. The highest BCUT2D eigenvalue weighted by molar-refractivity contribution is 9.10. The molecule has 1 saturated heterocycles. The van der Waals surface area contributed by atoms with E-state index in [2.05, 4.69) is 20.8 Å². The largest absolute Gasteiger partial charge is 0.330 e. The Morgan fingerprint density at radius 1 is 1.33 bits per heavy atom. The number of rotatable bonds is 3. The number of anilines is 1. The number of nitrogens with two attached hydrogens (primary N) is 1. The fourth-order valence-corrected chi connectivity index (χ4v) is 2.54. The average molecular weight is 312 g/mol. The van der Waals surface area contributed by atoms with E-state index in [4.69, 9.17) is 5.73 Å². The Hall–Kier alpha value is -0.910. The number of amides is 1. The highest BCUT2D eigenvalue weighted by atomic mass is 79.9. The maximum atomic E-state index is 12.4. The van der Waals surface area contributed by atoms with E-state index in [9.17, 15) is 4.79 Å². The third-order valence-electron chi connectivity index (χ3n) is 3.34. The SMILES string of the molecule is CN1CCN(c2ccc(Br)cc2)C(=O)C1CCN. The molecule has 0 radical (unpaired) electrons. The summed E-state index contributed by atoms with van der Waals surface area (Å²) >= 11 is 3.40. The van der Waals surface area contributed by atoms with Crippen LogP contribution in [0.15, 0.2) is 28.7 Å². The second-order valence-corrected chi connectivity index (χ2v) is 5.46. The lowest BCUT2D eigenvalue weighted by Crippen LogP contribution is -2.56. The van der Waals surface area contributed by atoms with Crippen LogP contribution in [-0.2, 0) is 4.79 Å². The minimum Gasteiger partial charge on any atom is -0.330 e. The van der Waals surface area contributed by atoms with E-state index >= 15 is 0 Å². The molecule has 1 aromatic carbocycles. The number of halogens is 1. The summed E-state index contributed by atoms with van der Waals surface area (Å²) < 4.78 is 1.02. The van der Waals surface area contributed by atoms with Crippen molar-refractivity contribution in [2.24, 2.45) is 5.73 Å². The Morgan fingerprint density at radius 3 is 2.61 bits per heavy atom. The number of piperazine rings is 1. The number of carbonyl (C=O) groups is 1. The summed E-state index contributed by atoms with van der Waals surface area (Å²) in [5, 5.41) is 0. The van der Waals surface area contributed by atoms with Gasteiger partial charge in [-0.3, -0.25) is 9.69 Å². The van der Waals surface area contributed by atoms with Crippen molar-refractivity contribution in [3.63, 3.8) is 0 Å². The molecule has 5 heteroatoms. The quantitative estimate of drug-likeness (QED) is 0.919. The molecule has 0 aromatic heterocycles. The molecule has 0 bridgehead atoms. The molecule has 18 heavy (non-hydrogen) atoms. The Kier molecular flexibility index (Phi) is 4.37. The maximum absolute atomic E-state index is 12.4. The molecular weight excluding hydrogens is 294 g/mol. The van der Waals surface area contributed by atoms with E-state index in [1.54, 1.807) is 0 Å². The van der Waals surface area contributed by atoms with Crippen LogP contribution in [0.1, 0.15) is 6.42 Å². The van der Waals surface area contributed by atoms with Gasteiger partial charge in [0.05, 0.1) is 6.04 Å². The zero-order valence-electron chi connectivity index (χ0n) is 10.5. The lowest BCUT2D eigenvalue weighted by Gasteiger charge is -2.38. The fraction of sp³-hybridized carbons (Fsp3) is 0.462. The van der Waals surface area contributed by atoms with Crippen LogP contribution in [0.2, 0.25) is 0 Å². The third kappa shape index (κ3) is 2.74. The minimum atomic E-state index is -0.0904. The van der Waals surface area contributed by atoms with Crippen LogP contribution in [0.4, 0.5) is 5.69 Å². The van der Waals surface area contributed by atoms with Crippen molar-refractivity contribution in [2.45, 2.75) is 12.5 Å². The summed E-state index contributed by atoms with van der Waals surface area (Å²) in [6.45, 7) is 2.15. The van der Waals surface area contributed by atoms with E-state index in [-0.39, 0.29) is 11.9 Å². The molecule has 98 valence electrons. The van der Waals surface area contributed by atoms with Crippen molar-refractivity contribution in [1.82, 2.24) is 4.90 Å². The Bertz CT molecular complexity index is 421. The first-order valence-corrected chi connectivity index (χ1v) is 6.90. The number of hydrogen-bond acceptors (Lipinski definition) is 3. The van der Waals surface area contributed by atoms with Crippen LogP contribution < -0.4 is 10.6 Å². The second-order valence-electron chi connectivity index (χ2n) is 4.54. The summed E-state index contributed by atoms with van der Waals surface area (Å²) in [4.78, 5) is 16.4. The molecule has 0 saturated carbocycles. The molecule has 1 aromatic rings. The highest BCUT2D eigenvalue weighted by Crippen LogP contribution is 2.22. The van der Waals surface area contributed by atoms with Crippen LogP contribution in [-0.4, -0.2) is 43.5 Å². The predicted molar refractivity (Wildman–Crippen MR) is 76.6 cm³/mol. The Morgan fingerprint density at radius 2 is 2.00 bits per heavy atom. The van der Waals surface area contributed by atoms with E-state index < -0.39 is 0 Å². The van der Waals surface area contributed by atoms with Crippen LogP contribution in [0, 0.1) is 0 Å². The van der Waals surface area contributed by atoms with Gasteiger partial charge in [0.1, 0.15) is 0 Å². The highest BCUT2D eigenvalue weighted by Gasteiger charge is 2.32. The topological polar surface area (TPSA) is 49.6 Å². The van der Waals surface area contributed by atoms with Gasteiger partial charge in [0, 0.05) is 23.2 Å². The lowest BCUT2D eigenvalue weighted by atomic mass is 10.1. The zero-order valence-corrected chi connectivity index (χ0v) is 12.1. The monoisotopic (exact) mass is 311 g/mol. The van der Waals surface area contributed by atoms with Gasteiger partial charge in [-0.15, -0.1) is 0 Å². The van der Waals surface area contributed by atoms with Crippen LogP contribution >= 0.6 is 15.9 Å². The van der Waals surface area contributed by atoms with Gasteiger partial charge in [0.2, 0.25) is 5.91 Å². The van der Waals surface area contributed by atoms with E-state index in [1.165, 1.54) is 0 Å². The molecule has 1 aliphatic rings. The molecule has 2 rings (SSSR count). The van der Waals surface area contributed by atoms with Crippen molar-refractivity contribution in [3.8, 4) is 0 Å². The van der Waals surface area contributed by atoms with E-state index in [1.807, 2.05) is 36.2 Å². The van der Waals surface area contributed by atoms with Crippen molar-refractivity contribution >= 4 is 27.5 Å². The summed E-state index contributed by atoms with van der Waals surface area (Å²) in [7, 11) is 1.98. The van der Waals surface area contributed by atoms with Gasteiger partial charge >= 0.3 is 0 Å². The number of carbonyl (C=O) groups excluding carboxylic acids is 1. The van der Waals surface area contributed by atoms with Gasteiger partial charge in [-0.1, -0.05) is 15.9 Å². The van der Waals surface area contributed by atoms with Crippen LogP contribution in [0.5, 0.6) is 0 Å². The van der Waals surface area contributed by atoms with Gasteiger partial charge in [-0.05, 0) is 44.3 Å². The molecule has 1 aliphatic heterocycles. The zero-order chi connectivity index (χ0) is 13.1. The predicted octanol–water partition coefficient (Wildman–Crippen LogP) is 1.44. The van der Waals surface area contributed by atoms with Crippen molar-refractivity contribution in [1.29, 1.82) is 0 Å². The molecule has 1 heterocycles. The number of hydrogen-bond donors (Lipinski definition) is 1. The first-order chi connectivity index (χ1) is 8.63. The van der Waals surface area contributed by atoms with Crippen molar-refractivity contribution in [2.75, 3.05) is 31.6 Å². The molecule has 1 amide bonds. The molecule has 2 N–H and O–H groups in total. The maximum Gasteiger partial charge on any atom is 0.244 e. The number of nitrogens with zero attached hydrogens (tertiary/aromatic N) is 2. The third-order valence-corrected chi connectivity index (χ3v) is 3.87. The van der Waals surface area contributed by atoms with E-state index in [0.29, 0.717) is 13.0 Å². The molecule has 1 unspecified atom stereocenters. The smallest absolute Gasteiger partial charge is 0.244 e. The van der Waals surface area contributed by atoms with Crippen LogP contribution in [0.25, 0.3) is 0 Å². The first kappa shape index (κ1) is 13.5. The van der Waals surface area contributed by atoms with E-state index in [0.717, 1.165) is 23.2 Å². The molecule has 1 fully saturated rings. The summed E-state index contributed by atoms with van der Waals surface area (Å²) in [5.41, 5.74) is 6.54. The van der Waals surface area contributed by atoms with Gasteiger partial charge in [-0.25, -0.2) is 0 Å². The van der Waals surface area contributed by atoms with Gasteiger partial charge < -0.3 is 10.6 Å².